The van der Waals surface area contributed by atoms with Crippen molar-refractivity contribution in [1.82, 2.24) is 4.90 Å². The molecule has 0 aliphatic carbocycles. The highest BCUT2D eigenvalue weighted by atomic mass is 19.1. The molecule has 0 bridgehead atoms. The molecular formula is C17H19F2NO2. The van der Waals surface area contributed by atoms with Crippen LogP contribution in [0, 0.1) is 11.6 Å². The molecule has 2 unspecified atom stereocenters. The van der Waals surface area contributed by atoms with Crippen molar-refractivity contribution >= 4 is 0 Å². The Hall–Kier alpha value is -1.72. The number of aliphatic hydroxyl groups is 1. The van der Waals surface area contributed by atoms with Gasteiger partial charge in [-0.15, -0.1) is 0 Å². The van der Waals surface area contributed by atoms with Gasteiger partial charge in [-0.3, -0.25) is 4.90 Å². The fourth-order valence-electron chi connectivity index (χ4n) is 3.09. The van der Waals surface area contributed by atoms with Gasteiger partial charge in [0.05, 0.1) is 6.26 Å². The summed E-state index contributed by atoms with van der Waals surface area (Å²) in [7, 11) is 0. The van der Waals surface area contributed by atoms with Crippen molar-refractivity contribution in [2.24, 2.45) is 0 Å². The quantitative estimate of drug-likeness (QED) is 0.916. The van der Waals surface area contributed by atoms with Crippen LogP contribution in [0.1, 0.15) is 36.7 Å². The second-order valence-electron chi connectivity index (χ2n) is 5.77. The number of furan rings is 1. The number of nitrogens with zero attached hydrogens (tertiary/aromatic N) is 1. The molecule has 118 valence electrons. The van der Waals surface area contributed by atoms with Gasteiger partial charge in [0.1, 0.15) is 23.5 Å². The number of hydrogen-bond acceptors (Lipinski definition) is 3. The van der Waals surface area contributed by atoms with E-state index in [1.54, 1.807) is 18.4 Å². The summed E-state index contributed by atoms with van der Waals surface area (Å²) >= 11 is 0. The maximum atomic E-state index is 13.8. The number of aliphatic hydroxyl groups excluding tert-OH is 1. The molecule has 3 rings (SSSR count). The Bertz CT molecular complexity index is 615. The molecule has 1 N–H and O–H groups in total. The van der Waals surface area contributed by atoms with Crippen LogP contribution in [0.5, 0.6) is 0 Å². The van der Waals surface area contributed by atoms with Crippen LogP contribution in [-0.2, 0) is 6.54 Å². The minimum Gasteiger partial charge on any atom is -0.467 e. The molecule has 1 aromatic heterocycles. The highest BCUT2D eigenvalue weighted by molar-refractivity contribution is 5.18. The molecule has 0 amide bonds. The second-order valence-corrected chi connectivity index (χ2v) is 5.77. The fourth-order valence-corrected chi connectivity index (χ4v) is 3.09. The number of halogens is 2. The van der Waals surface area contributed by atoms with Gasteiger partial charge in [0.2, 0.25) is 0 Å². The topological polar surface area (TPSA) is 36.6 Å². The molecule has 2 aromatic rings. The SMILES string of the molecule is OC(CC1CCCN1Cc1ccc(F)cc1F)c1ccco1. The zero-order chi connectivity index (χ0) is 15.5. The number of hydrogen-bond donors (Lipinski definition) is 1. The molecule has 22 heavy (non-hydrogen) atoms. The van der Waals surface area contributed by atoms with Crippen molar-refractivity contribution in [3.8, 4) is 0 Å². The van der Waals surface area contributed by atoms with E-state index < -0.39 is 17.7 Å². The van der Waals surface area contributed by atoms with Gasteiger partial charge in [-0.25, -0.2) is 8.78 Å². The lowest BCUT2D eigenvalue weighted by atomic mass is 10.0. The van der Waals surface area contributed by atoms with Gasteiger partial charge in [0, 0.05) is 24.2 Å². The number of rotatable bonds is 5. The average Bonchev–Trinajstić information content (AvgIpc) is 3.14. The maximum Gasteiger partial charge on any atom is 0.132 e. The van der Waals surface area contributed by atoms with Crippen LogP contribution in [-0.4, -0.2) is 22.6 Å². The molecule has 3 nitrogen and oxygen atoms in total. The molecule has 0 radical (unpaired) electrons. The van der Waals surface area contributed by atoms with E-state index in [2.05, 4.69) is 4.90 Å². The van der Waals surface area contributed by atoms with Crippen molar-refractivity contribution in [3.05, 3.63) is 59.6 Å². The lowest BCUT2D eigenvalue weighted by Crippen LogP contribution is -2.30. The summed E-state index contributed by atoms with van der Waals surface area (Å²) in [5, 5.41) is 10.2. The standard InChI is InChI=1S/C17H19F2NO2/c18-13-6-5-12(15(19)9-13)11-20-7-1-3-14(20)10-16(21)17-4-2-8-22-17/h2,4-6,8-9,14,16,21H,1,3,7,10-11H2. The Morgan fingerprint density at radius 3 is 2.91 bits per heavy atom. The fraction of sp³-hybridized carbons (Fsp3) is 0.412. The third kappa shape index (κ3) is 3.36. The van der Waals surface area contributed by atoms with Crippen molar-refractivity contribution in [2.45, 2.75) is 38.0 Å². The second kappa shape index (κ2) is 6.58. The van der Waals surface area contributed by atoms with E-state index in [9.17, 15) is 13.9 Å². The molecule has 1 aliphatic rings. The van der Waals surface area contributed by atoms with Gasteiger partial charge < -0.3 is 9.52 Å². The lowest BCUT2D eigenvalue weighted by Gasteiger charge is -2.26. The van der Waals surface area contributed by atoms with E-state index in [1.165, 1.54) is 12.1 Å². The van der Waals surface area contributed by atoms with Gasteiger partial charge in [-0.1, -0.05) is 6.07 Å². The van der Waals surface area contributed by atoms with Gasteiger partial charge >= 0.3 is 0 Å². The van der Waals surface area contributed by atoms with Gasteiger partial charge in [0.25, 0.3) is 0 Å². The zero-order valence-electron chi connectivity index (χ0n) is 12.2. The Kier molecular flexibility index (Phi) is 4.55. The average molecular weight is 307 g/mol. The van der Waals surface area contributed by atoms with Crippen LogP contribution in [0.3, 0.4) is 0 Å². The highest BCUT2D eigenvalue weighted by Gasteiger charge is 2.28. The zero-order valence-corrected chi connectivity index (χ0v) is 12.2. The predicted molar refractivity (Wildman–Crippen MR) is 78.1 cm³/mol. The summed E-state index contributed by atoms with van der Waals surface area (Å²) in [6.45, 7) is 1.29. The van der Waals surface area contributed by atoms with E-state index in [0.717, 1.165) is 25.5 Å². The molecule has 2 heterocycles. The van der Waals surface area contributed by atoms with Gasteiger partial charge in [0.15, 0.2) is 0 Å². The molecule has 1 aliphatic heterocycles. The van der Waals surface area contributed by atoms with E-state index in [-0.39, 0.29) is 6.04 Å². The van der Waals surface area contributed by atoms with Crippen molar-refractivity contribution in [1.29, 1.82) is 0 Å². The monoisotopic (exact) mass is 307 g/mol. The van der Waals surface area contributed by atoms with Gasteiger partial charge in [-0.2, -0.15) is 0 Å². The van der Waals surface area contributed by atoms with Crippen LogP contribution < -0.4 is 0 Å². The Labute approximate surface area is 128 Å². The van der Waals surface area contributed by atoms with Crippen LogP contribution in [0.15, 0.2) is 41.0 Å². The van der Waals surface area contributed by atoms with E-state index in [4.69, 9.17) is 4.42 Å². The third-order valence-electron chi connectivity index (χ3n) is 4.25. The molecular weight excluding hydrogens is 288 g/mol. The Morgan fingerprint density at radius 1 is 1.32 bits per heavy atom. The third-order valence-corrected chi connectivity index (χ3v) is 4.25. The number of likely N-dealkylation sites (tertiary alicyclic amines) is 1. The van der Waals surface area contributed by atoms with Crippen LogP contribution in [0.4, 0.5) is 8.78 Å². The summed E-state index contributed by atoms with van der Waals surface area (Å²) in [6, 6.07) is 7.36. The largest absolute Gasteiger partial charge is 0.467 e. The summed E-state index contributed by atoms with van der Waals surface area (Å²) in [4.78, 5) is 2.14. The molecule has 1 saturated heterocycles. The number of benzene rings is 1. The summed E-state index contributed by atoms with van der Waals surface area (Å²) in [5.41, 5.74) is 0.487. The highest BCUT2D eigenvalue weighted by Crippen LogP contribution is 2.29. The minimum atomic E-state index is -0.654. The first kappa shape index (κ1) is 15.2. The van der Waals surface area contributed by atoms with Crippen LogP contribution in [0.2, 0.25) is 0 Å². The van der Waals surface area contributed by atoms with Gasteiger partial charge in [-0.05, 0) is 44.0 Å². The molecule has 0 spiro atoms. The van der Waals surface area contributed by atoms with Crippen molar-refractivity contribution in [2.75, 3.05) is 6.54 Å². The van der Waals surface area contributed by atoms with E-state index >= 15 is 0 Å². The minimum absolute atomic E-state index is 0.171. The Balaban J connectivity index is 1.65. The molecule has 2 atom stereocenters. The molecule has 1 aromatic carbocycles. The summed E-state index contributed by atoms with van der Waals surface area (Å²) in [5.74, 6) is -0.524. The summed E-state index contributed by atoms with van der Waals surface area (Å²) < 4.78 is 32.0. The Morgan fingerprint density at radius 2 is 2.18 bits per heavy atom. The predicted octanol–water partition coefficient (Wildman–Crippen LogP) is 3.65. The molecule has 1 fully saturated rings. The normalized spacial score (nSPS) is 20.4. The first-order valence-corrected chi connectivity index (χ1v) is 7.53. The first-order valence-electron chi connectivity index (χ1n) is 7.53. The van der Waals surface area contributed by atoms with E-state index in [0.29, 0.717) is 24.3 Å². The molecule has 0 saturated carbocycles. The first-order chi connectivity index (χ1) is 10.6. The summed E-state index contributed by atoms with van der Waals surface area (Å²) in [6.07, 6.45) is 3.41. The maximum absolute atomic E-state index is 13.8. The smallest absolute Gasteiger partial charge is 0.132 e. The van der Waals surface area contributed by atoms with E-state index in [1.807, 2.05) is 0 Å². The lowest BCUT2D eigenvalue weighted by molar-refractivity contribution is 0.0991. The van der Waals surface area contributed by atoms with Crippen LogP contribution in [0.25, 0.3) is 0 Å². The van der Waals surface area contributed by atoms with Crippen LogP contribution >= 0.6 is 0 Å². The van der Waals surface area contributed by atoms with Crippen molar-refractivity contribution < 1.29 is 18.3 Å². The molecule has 5 heteroatoms. The van der Waals surface area contributed by atoms with Crippen molar-refractivity contribution in [3.63, 3.8) is 0 Å².